The van der Waals surface area contributed by atoms with Crippen molar-refractivity contribution in [3.63, 3.8) is 0 Å². The van der Waals surface area contributed by atoms with Crippen LogP contribution in [0.5, 0.6) is 0 Å². The van der Waals surface area contributed by atoms with Gasteiger partial charge in [0, 0.05) is 29.4 Å². The Hall–Kier alpha value is -2.09. The topological polar surface area (TPSA) is 107 Å². The Morgan fingerprint density at radius 3 is 2.49 bits per heavy atom. The molecule has 3 aliphatic heterocycles. The number of hydroxylamine groups is 2. The first kappa shape index (κ1) is 24.0. The number of esters is 1. The van der Waals surface area contributed by atoms with Gasteiger partial charge in [-0.25, -0.2) is 0 Å². The molecule has 0 radical (unpaired) electrons. The van der Waals surface area contributed by atoms with Crippen molar-refractivity contribution in [3.05, 3.63) is 68.8 Å². The lowest BCUT2D eigenvalue weighted by atomic mass is 9.62. The largest absolute Gasteiger partial charge is 0.458 e. The van der Waals surface area contributed by atoms with Crippen LogP contribution < -0.4 is 5.32 Å². The zero-order chi connectivity index (χ0) is 25.4. The Bertz CT molecular complexity index is 1230. The molecule has 1 spiro atoms. The number of nitrogens with zero attached hydrogens (tertiary/aromatic N) is 1. The molecule has 6 unspecified atom stereocenters. The zero-order valence-electron chi connectivity index (χ0n) is 20.0. The van der Waals surface area contributed by atoms with Gasteiger partial charge in [0.2, 0.25) is 5.91 Å². The van der Waals surface area contributed by atoms with Crippen molar-refractivity contribution in [2.75, 3.05) is 13.2 Å². The molecule has 37 heavy (non-hydrogen) atoms. The van der Waals surface area contributed by atoms with Gasteiger partial charge in [-0.2, -0.15) is 5.06 Å². The molecule has 10 heteroatoms. The molecule has 194 valence electrons. The van der Waals surface area contributed by atoms with E-state index in [1.807, 2.05) is 36.4 Å². The molecule has 2 bridgehead atoms. The lowest BCUT2D eigenvalue weighted by Gasteiger charge is -2.48. The van der Waals surface area contributed by atoms with Gasteiger partial charge >= 0.3 is 5.97 Å². The van der Waals surface area contributed by atoms with Crippen molar-refractivity contribution in [1.82, 2.24) is 10.4 Å². The molecule has 2 aromatic rings. The average molecular weight is 618 g/mol. The molecule has 6 atom stereocenters. The molecule has 1 amide bonds. The molecule has 4 fully saturated rings. The van der Waals surface area contributed by atoms with Crippen LogP contribution >= 0.6 is 22.6 Å². The van der Waals surface area contributed by atoms with Gasteiger partial charge in [-0.15, -0.1) is 0 Å². The summed E-state index contributed by atoms with van der Waals surface area (Å²) in [7, 11) is 0. The van der Waals surface area contributed by atoms with Gasteiger partial charge in [0.05, 0.1) is 13.2 Å². The summed E-state index contributed by atoms with van der Waals surface area (Å²) < 4.78 is 20.3. The molecular weight excluding hydrogens is 591 g/mol. The van der Waals surface area contributed by atoms with Crippen molar-refractivity contribution >= 4 is 34.5 Å². The van der Waals surface area contributed by atoms with Crippen LogP contribution in [-0.2, 0) is 48.0 Å². The van der Waals surface area contributed by atoms with Crippen LogP contribution in [0.4, 0.5) is 0 Å². The van der Waals surface area contributed by atoms with E-state index in [1.165, 1.54) is 11.1 Å². The van der Waals surface area contributed by atoms with E-state index in [0.717, 1.165) is 9.13 Å². The number of halogens is 1. The summed E-state index contributed by atoms with van der Waals surface area (Å²) in [5, 5.41) is 13.8. The first-order valence-electron chi connectivity index (χ1n) is 12.6. The zero-order valence-corrected chi connectivity index (χ0v) is 22.1. The molecule has 0 aromatic heterocycles. The summed E-state index contributed by atoms with van der Waals surface area (Å²) >= 11 is 2.24. The Kier molecular flexibility index (Phi) is 5.65. The maximum Gasteiger partial charge on any atom is 0.327 e. The van der Waals surface area contributed by atoms with E-state index in [-0.39, 0.29) is 25.5 Å². The second-order valence-corrected chi connectivity index (χ2v) is 11.8. The highest BCUT2D eigenvalue weighted by Crippen LogP contribution is 2.58. The highest BCUT2D eigenvalue weighted by Gasteiger charge is 2.76. The molecule has 7 rings (SSSR count). The van der Waals surface area contributed by atoms with Crippen LogP contribution in [0.15, 0.2) is 48.5 Å². The predicted molar refractivity (Wildman–Crippen MR) is 137 cm³/mol. The van der Waals surface area contributed by atoms with Crippen LogP contribution in [0.3, 0.4) is 0 Å². The fourth-order valence-electron chi connectivity index (χ4n) is 6.86. The van der Waals surface area contributed by atoms with Crippen LogP contribution in [0.2, 0.25) is 0 Å². The summed E-state index contributed by atoms with van der Waals surface area (Å²) in [5.74, 6) is -1.71. The number of benzene rings is 2. The first-order chi connectivity index (χ1) is 17.9. The fourth-order valence-corrected chi connectivity index (χ4v) is 7.22. The molecule has 2 aliphatic carbocycles. The Morgan fingerprint density at radius 2 is 1.78 bits per heavy atom. The van der Waals surface area contributed by atoms with Crippen LogP contribution in [-0.4, -0.2) is 71.4 Å². The minimum absolute atomic E-state index is 0.0849. The Balaban J connectivity index is 1.26. The number of carbonyl (C=O) groups is 2. The summed E-state index contributed by atoms with van der Waals surface area (Å²) in [6.07, 6.45) is -1.06. The highest BCUT2D eigenvalue weighted by molar-refractivity contribution is 14.1. The van der Waals surface area contributed by atoms with E-state index < -0.39 is 47.6 Å². The number of carbonyl (C=O) groups excluding carboxylic acids is 2. The fraction of sp³-hybridized carbons (Fsp3) is 0.481. The van der Waals surface area contributed by atoms with Gasteiger partial charge in [0.1, 0.15) is 29.8 Å². The molecule has 9 nitrogen and oxygen atoms in total. The van der Waals surface area contributed by atoms with E-state index in [4.69, 9.17) is 19.0 Å². The van der Waals surface area contributed by atoms with Crippen molar-refractivity contribution in [3.8, 4) is 0 Å². The SMILES string of the molecule is O=C1OC2CC3(C(=O)NCCO)C(ON(Cc4ccc(I)cc4)C13)C1OC3(Cc4ccccc4C3)OC21. The minimum Gasteiger partial charge on any atom is -0.458 e. The minimum atomic E-state index is -1.22. The third-order valence-electron chi connectivity index (χ3n) is 8.36. The van der Waals surface area contributed by atoms with E-state index >= 15 is 0 Å². The van der Waals surface area contributed by atoms with Crippen molar-refractivity contribution in [1.29, 1.82) is 0 Å². The number of aliphatic hydroxyl groups is 1. The third kappa shape index (κ3) is 3.60. The maximum absolute atomic E-state index is 13.8. The van der Waals surface area contributed by atoms with Gasteiger partial charge < -0.3 is 24.6 Å². The lowest BCUT2D eigenvalue weighted by molar-refractivity contribution is -0.217. The summed E-state index contributed by atoms with van der Waals surface area (Å²) in [4.78, 5) is 33.8. The number of amides is 1. The highest BCUT2D eigenvalue weighted by atomic mass is 127. The van der Waals surface area contributed by atoms with Crippen LogP contribution in [0.1, 0.15) is 23.1 Å². The first-order valence-corrected chi connectivity index (χ1v) is 13.7. The van der Waals surface area contributed by atoms with Crippen LogP contribution in [0.25, 0.3) is 0 Å². The van der Waals surface area contributed by atoms with Crippen molar-refractivity contribution < 1.29 is 33.7 Å². The summed E-state index contributed by atoms with van der Waals surface area (Å²) in [6, 6.07) is 15.2. The third-order valence-corrected chi connectivity index (χ3v) is 9.08. The molecular formula is C27H27IN2O7. The second kappa shape index (κ2) is 8.72. The number of nitrogens with one attached hydrogen (secondary N) is 1. The predicted octanol–water partition coefficient (Wildman–Crippen LogP) is 1.48. The van der Waals surface area contributed by atoms with Gasteiger partial charge in [-0.3, -0.25) is 14.4 Å². The molecule has 3 saturated heterocycles. The molecule has 1 saturated carbocycles. The number of ether oxygens (including phenoxy) is 3. The molecule has 3 heterocycles. The Morgan fingerprint density at radius 1 is 1.08 bits per heavy atom. The molecule has 5 aliphatic rings. The number of rotatable bonds is 5. The van der Waals surface area contributed by atoms with E-state index in [1.54, 1.807) is 5.06 Å². The second-order valence-electron chi connectivity index (χ2n) is 10.5. The van der Waals surface area contributed by atoms with Crippen molar-refractivity contribution in [2.45, 2.75) is 62.1 Å². The smallest absolute Gasteiger partial charge is 0.327 e. The van der Waals surface area contributed by atoms with Gasteiger partial charge in [0.25, 0.3) is 0 Å². The Labute approximate surface area is 227 Å². The number of fused-ring (bicyclic) bond motifs is 5. The quantitative estimate of drug-likeness (QED) is 0.384. The van der Waals surface area contributed by atoms with Crippen molar-refractivity contribution in [2.24, 2.45) is 5.41 Å². The van der Waals surface area contributed by atoms with E-state index in [2.05, 4.69) is 40.0 Å². The summed E-state index contributed by atoms with van der Waals surface area (Å²) in [6.45, 7) is 0.189. The average Bonchev–Trinajstić information content (AvgIpc) is 3.55. The van der Waals surface area contributed by atoms with Gasteiger partial charge in [-0.05, 0) is 51.4 Å². The standard InChI is InChI=1S/C27H27IN2O7/c28-18-7-5-15(6-8-18)14-30-22-24(32)34-19-13-27(22,25(33)29-9-10-31)23(37-30)21-20(19)35-26(36-21)11-16-3-1-2-4-17(16)12-26/h1-8,19-23,31H,9-14H2,(H,29,33). The van der Waals surface area contributed by atoms with E-state index in [9.17, 15) is 14.7 Å². The monoisotopic (exact) mass is 618 g/mol. The normalized spacial score (nSPS) is 34.8. The van der Waals surface area contributed by atoms with Gasteiger partial charge in [0.15, 0.2) is 11.8 Å². The number of aliphatic hydroxyl groups excluding tert-OH is 1. The lowest BCUT2D eigenvalue weighted by Crippen LogP contribution is -2.69. The number of hydrogen-bond donors (Lipinski definition) is 2. The molecule has 2 aromatic carbocycles. The summed E-state index contributed by atoms with van der Waals surface area (Å²) in [5.41, 5.74) is 2.06. The maximum atomic E-state index is 13.8. The van der Waals surface area contributed by atoms with Crippen LogP contribution in [0, 0.1) is 8.99 Å². The molecule has 2 N–H and O–H groups in total. The van der Waals surface area contributed by atoms with Gasteiger partial charge in [-0.1, -0.05) is 36.4 Å². The number of hydrogen-bond acceptors (Lipinski definition) is 8. The van der Waals surface area contributed by atoms with E-state index in [0.29, 0.717) is 19.4 Å².